The van der Waals surface area contributed by atoms with Crippen LogP contribution in [0, 0.1) is 5.41 Å². The van der Waals surface area contributed by atoms with Crippen molar-refractivity contribution in [2.75, 3.05) is 6.61 Å². The summed E-state index contributed by atoms with van der Waals surface area (Å²) in [4.78, 5) is 26.6. The van der Waals surface area contributed by atoms with Crippen molar-refractivity contribution in [2.24, 2.45) is 5.41 Å². The van der Waals surface area contributed by atoms with Crippen LogP contribution in [0.4, 0.5) is 0 Å². The third-order valence-corrected chi connectivity index (χ3v) is 6.65. The van der Waals surface area contributed by atoms with Gasteiger partial charge in [0.2, 0.25) is 0 Å². The molecular weight excluding hydrogens is 366 g/mol. The maximum Gasteiger partial charge on any atom is 0.317 e. The molecule has 1 fully saturated rings. The smallest absolute Gasteiger partial charge is 0.317 e. The molecule has 0 spiro atoms. The average Bonchev–Trinajstić information content (AvgIpc) is 3.19. The van der Waals surface area contributed by atoms with Crippen LogP contribution in [0.1, 0.15) is 31.9 Å². The maximum absolute atomic E-state index is 13.5. The molecular formula is C24H23NO4. The molecule has 0 amide bonds. The van der Waals surface area contributed by atoms with E-state index in [9.17, 15) is 14.7 Å². The Balaban J connectivity index is 1.89. The fourth-order valence-corrected chi connectivity index (χ4v) is 5.41. The van der Waals surface area contributed by atoms with Crippen LogP contribution in [-0.4, -0.2) is 22.2 Å². The largest absolute Gasteiger partial charge is 0.465 e. The number of aliphatic hydroxyl groups is 1. The zero-order chi connectivity index (χ0) is 20.2. The van der Waals surface area contributed by atoms with E-state index in [0.29, 0.717) is 31.1 Å². The molecule has 5 rings (SSSR count). The van der Waals surface area contributed by atoms with E-state index in [4.69, 9.17) is 4.74 Å². The first-order valence-electron chi connectivity index (χ1n) is 10.2. The van der Waals surface area contributed by atoms with Crippen LogP contribution in [0.5, 0.6) is 0 Å². The lowest BCUT2D eigenvalue weighted by molar-refractivity contribution is -0.179. The van der Waals surface area contributed by atoms with Gasteiger partial charge in [0, 0.05) is 23.1 Å². The molecule has 2 atom stereocenters. The molecule has 0 saturated heterocycles. The summed E-state index contributed by atoms with van der Waals surface area (Å²) in [6.07, 6.45) is 1.85. The highest BCUT2D eigenvalue weighted by atomic mass is 16.5. The number of aromatic nitrogens is 1. The molecule has 29 heavy (non-hydrogen) atoms. The summed E-state index contributed by atoms with van der Waals surface area (Å²) >= 11 is 0. The SMILES string of the molecule is CCOC(=O)C12CCCC1(O)n1c(c(-c3ccccc3)c3ccccc3c1=O)C2. The lowest BCUT2D eigenvalue weighted by Gasteiger charge is -2.34. The van der Waals surface area contributed by atoms with E-state index in [0.717, 1.165) is 22.2 Å². The highest BCUT2D eigenvalue weighted by Crippen LogP contribution is 2.58. The summed E-state index contributed by atoms with van der Waals surface area (Å²) < 4.78 is 6.90. The molecule has 2 aromatic carbocycles. The van der Waals surface area contributed by atoms with Gasteiger partial charge in [-0.25, -0.2) is 0 Å². The van der Waals surface area contributed by atoms with Crippen molar-refractivity contribution < 1.29 is 14.6 Å². The van der Waals surface area contributed by atoms with Gasteiger partial charge >= 0.3 is 5.97 Å². The second kappa shape index (κ2) is 6.29. The van der Waals surface area contributed by atoms with Gasteiger partial charge in [-0.15, -0.1) is 0 Å². The quantitative estimate of drug-likeness (QED) is 0.695. The second-order valence-corrected chi connectivity index (χ2v) is 8.02. The van der Waals surface area contributed by atoms with Crippen LogP contribution in [0.15, 0.2) is 59.4 Å². The Morgan fingerprint density at radius 3 is 2.48 bits per heavy atom. The van der Waals surface area contributed by atoms with Crippen molar-refractivity contribution in [2.45, 2.75) is 38.3 Å². The second-order valence-electron chi connectivity index (χ2n) is 8.02. The van der Waals surface area contributed by atoms with Crippen LogP contribution in [0.2, 0.25) is 0 Å². The van der Waals surface area contributed by atoms with E-state index in [-0.39, 0.29) is 12.2 Å². The average molecular weight is 389 g/mol. The number of hydrogen-bond donors (Lipinski definition) is 1. The Morgan fingerprint density at radius 1 is 1.07 bits per heavy atom. The minimum atomic E-state index is -1.56. The molecule has 1 saturated carbocycles. The minimum Gasteiger partial charge on any atom is -0.465 e. The third kappa shape index (κ3) is 2.25. The van der Waals surface area contributed by atoms with Crippen LogP contribution < -0.4 is 5.56 Å². The number of pyridine rings is 1. The van der Waals surface area contributed by atoms with Gasteiger partial charge in [-0.05, 0) is 43.2 Å². The fraction of sp³-hybridized carbons (Fsp3) is 0.333. The first kappa shape index (κ1) is 18.1. The molecule has 2 aliphatic rings. The molecule has 5 heteroatoms. The predicted molar refractivity (Wildman–Crippen MR) is 110 cm³/mol. The third-order valence-electron chi connectivity index (χ3n) is 6.65. The molecule has 1 N–H and O–H groups in total. The molecule has 2 heterocycles. The highest BCUT2D eigenvalue weighted by molar-refractivity contribution is 5.98. The van der Waals surface area contributed by atoms with Crippen LogP contribution >= 0.6 is 0 Å². The van der Waals surface area contributed by atoms with Gasteiger partial charge in [0.1, 0.15) is 5.41 Å². The molecule has 5 nitrogen and oxygen atoms in total. The zero-order valence-corrected chi connectivity index (χ0v) is 16.4. The summed E-state index contributed by atoms with van der Waals surface area (Å²) in [5.41, 5.74) is -0.321. The first-order chi connectivity index (χ1) is 14.0. The lowest BCUT2D eigenvalue weighted by atomic mass is 9.78. The first-order valence-corrected chi connectivity index (χ1v) is 10.2. The molecule has 3 aromatic rings. The Hall–Kier alpha value is -2.92. The lowest BCUT2D eigenvalue weighted by Crippen LogP contribution is -2.50. The van der Waals surface area contributed by atoms with Crippen molar-refractivity contribution in [3.05, 3.63) is 70.6 Å². The number of hydrogen-bond acceptors (Lipinski definition) is 4. The number of esters is 1. The van der Waals surface area contributed by atoms with E-state index in [1.807, 2.05) is 48.5 Å². The number of rotatable bonds is 3. The maximum atomic E-state index is 13.5. The number of carbonyl (C=O) groups is 1. The summed E-state index contributed by atoms with van der Waals surface area (Å²) in [6, 6.07) is 17.3. The zero-order valence-electron chi connectivity index (χ0n) is 16.4. The van der Waals surface area contributed by atoms with Gasteiger partial charge < -0.3 is 9.84 Å². The molecule has 0 bridgehead atoms. The van der Waals surface area contributed by atoms with Gasteiger partial charge in [0.05, 0.1) is 6.61 Å². The Bertz CT molecular complexity index is 1180. The summed E-state index contributed by atoms with van der Waals surface area (Å²) in [7, 11) is 0. The number of benzene rings is 2. The van der Waals surface area contributed by atoms with Crippen molar-refractivity contribution in [1.82, 2.24) is 4.57 Å². The fourth-order valence-electron chi connectivity index (χ4n) is 5.41. The minimum absolute atomic E-state index is 0.245. The number of ether oxygens (including phenoxy) is 1. The summed E-state index contributed by atoms with van der Waals surface area (Å²) in [6.45, 7) is 2.01. The summed E-state index contributed by atoms with van der Waals surface area (Å²) in [5.74, 6) is -0.411. The number of carbonyl (C=O) groups excluding carboxylic acids is 1. The van der Waals surface area contributed by atoms with Gasteiger partial charge in [-0.2, -0.15) is 0 Å². The molecule has 1 aliphatic carbocycles. The van der Waals surface area contributed by atoms with Crippen LogP contribution in [0.3, 0.4) is 0 Å². The van der Waals surface area contributed by atoms with Gasteiger partial charge in [0.15, 0.2) is 5.72 Å². The topological polar surface area (TPSA) is 68.5 Å². The van der Waals surface area contributed by atoms with E-state index < -0.39 is 17.1 Å². The standard InChI is InChI=1S/C24H23NO4/c1-2-29-22(27)23-13-8-14-24(23,28)25-19(15-23)20(16-9-4-3-5-10-16)17-11-6-7-12-18(17)21(25)26/h3-7,9-12,28H,2,8,13-15H2,1H3. The monoisotopic (exact) mass is 389 g/mol. The van der Waals surface area contributed by atoms with E-state index in [2.05, 4.69) is 0 Å². The summed E-state index contributed by atoms with van der Waals surface area (Å²) in [5, 5.41) is 13.2. The molecule has 0 radical (unpaired) electrons. The molecule has 1 aromatic heterocycles. The van der Waals surface area contributed by atoms with Crippen molar-refractivity contribution in [3.63, 3.8) is 0 Å². The number of nitrogens with zero attached hydrogens (tertiary/aromatic N) is 1. The Morgan fingerprint density at radius 2 is 1.76 bits per heavy atom. The molecule has 148 valence electrons. The normalized spacial score (nSPS) is 25.0. The van der Waals surface area contributed by atoms with Crippen molar-refractivity contribution in [1.29, 1.82) is 0 Å². The van der Waals surface area contributed by atoms with Crippen molar-refractivity contribution >= 4 is 16.7 Å². The van der Waals surface area contributed by atoms with Gasteiger partial charge in [-0.1, -0.05) is 48.5 Å². The van der Waals surface area contributed by atoms with E-state index >= 15 is 0 Å². The van der Waals surface area contributed by atoms with E-state index in [1.54, 1.807) is 13.0 Å². The van der Waals surface area contributed by atoms with Crippen LogP contribution in [-0.2, 0) is 21.7 Å². The highest BCUT2D eigenvalue weighted by Gasteiger charge is 2.66. The Labute approximate surface area is 168 Å². The molecule has 2 unspecified atom stereocenters. The van der Waals surface area contributed by atoms with E-state index in [1.165, 1.54) is 4.57 Å². The number of fused-ring (bicyclic) bond motifs is 4. The van der Waals surface area contributed by atoms with Crippen LogP contribution in [0.25, 0.3) is 21.9 Å². The Kier molecular flexibility index (Phi) is 3.93. The predicted octanol–water partition coefficient (Wildman–Crippen LogP) is 3.60. The van der Waals surface area contributed by atoms with Gasteiger partial charge in [-0.3, -0.25) is 14.2 Å². The van der Waals surface area contributed by atoms with Gasteiger partial charge in [0.25, 0.3) is 5.56 Å². The van der Waals surface area contributed by atoms with Crippen molar-refractivity contribution in [3.8, 4) is 11.1 Å². The molecule has 1 aliphatic heterocycles.